The highest BCUT2D eigenvalue weighted by molar-refractivity contribution is 14.1. The van der Waals surface area contributed by atoms with Crippen molar-refractivity contribution in [1.29, 1.82) is 0 Å². The van der Waals surface area contributed by atoms with Crippen LogP contribution in [0, 0.1) is 15.2 Å². The number of aromatic nitrogens is 1. The molecule has 0 atom stereocenters. The second-order valence-corrected chi connectivity index (χ2v) is 5.03. The van der Waals surface area contributed by atoms with Crippen molar-refractivity contribution < 1.29 is 8.78 Å². The summed E-state index contributed by atoms with van der Waals surface area (Å²) in [6, 6.07) is 8.01. The first-order chi connectivity index (χ1) is 8.66. The van der Waals surface area contributed by atoms with Crippen molar-refractivity contribution in [3.63, 3.8) is 0 Å². The zero-order valence-corrected chi connectivity index (χ0v) is 11.6. The molecule has 2 rings (SSSR count). The maximum Gasteiger partial charge on any atom is 0.167 e. The molecular weight excluding hydrogens is 349 g/mol. The van der Waals surface area contributed by atoms with Crippen molar-refractivity contribution in [3.8, 4) is 0 Å². The van der Waals surface area contributed by atoms with E-state index >= 15 is 0 Å². The minimum Gasteiger partial charge on any atom is -0.380 e. The summed E-state index contributed by atoms with van der Waals surface area (Å²) >= 11 is 2.23. The number of benzene rings is 1. The van der Waals surface area contributed by atoms with Gasteiger partial charge in [-0.1, -0.05) is 12.1 Å². The van der Waals surface area contributed by atoms with Crippen LogP contribution in [0.4, 0.5) is 14.5 Å². The van der Waals surface area contributed by atoms with Crippen molar-refractivity contribution in [2.45, 2.75) is 6.42 Å². The molecule has 0 fully saturated rings. The molecule has 1 aromatic carbocycles. The Labute approximate surface area is 118 Å². The lowest BCUT2D eigenvalue weighted by molar-refractivity contribution is 0.578. The van der Waals surface area contributed by atoms with Crippen LogP contribution in [0.15, 0.2) is 36.7 Å². The van der Waals surface area contributed by atoms with E-state index in [-0.39, 0.29) is 5.69 Å². The first-order valence-electron chi connectivity index (χ1n) is 5.44. The molecule has 0 aliphatic carbocycles. The van der Waals surface area contributed by atoms with Gasteiger partial charge >= 0.3 is 0 Å². The summed E-state index contributed by atoms with van der Waals surface area (Å²) in [5, 5.41) is 2.75. The van der Waals surface area contributed by atoms with Crippen LogP contribution in [0.1, 0.15) is 5.56 Å². The van der Waals surface area contributed by atoms with Gasteiger partial charge in [-0.25, -0.2) is 8.78 Å². The van der Waals surface area contributed by atoms with Gasteiger partial charge in [0, 0.05) is 10.1 Å². The number of nitrogens with zero attached hydrogens (tertiary/aromatic N) is 1. The third kappa shape index (κ3) is 3.38. The van der Waals surface area contributed by atoms with E-state index in [9.17, 15) is 8.78 Å². The summed E-state index contributed by atoms with van der Waals surface area (Å²) in [6.45, 7) is 0.471. The molecule has 0 saturated heterocycles. The first-order valence-corrected chi connectivity index (χ1v) is 6.52. The fraction of sp³-hybridized carbons (Fsp3) is 0.154. The van der Waals surface area contributed by atoms with Gasteiger partial charge in [-0.05, 0) is 46.7 Å². The van der Waals surface area contributed by atoms with Crippen molar-refractivity contribution in [1.82, 2.24) is 4.98 Å². The highest BCUT2D eigenvalue weighted by atomic mass is 127. The standard InChI is InChI=1S/C13H11F2IN2/c14-11-7-17-8-12(15)13(11)18-6-5-9-1-3-10(16)4-2-9/h1-4,7-8H,5-6H2,(H,17,18). The third-order valence-electron chi connectivity index (χ3n) is 2.48. The van der Waals surface area contributed by atoms with Crippen molar-refractivity contribution in [2.24, 2.45) is 0 Å². The molecule has 0 radical (unpaired) electrons. The topological polar surface area (TPSA) is 24.9 Å². The van der Waals surface area contributed by atoms with Crippen LogP contribution in [0.3, 0.4) is 0 Å². The second-order valence-electron chi connectivity index (χ2n) is 3.78. The quantitative estimate of drug-likeness (QED) is 0.843. The summed E-state index contributed by atoms with van der Waals surface area (Å²) in [4.78, 5) is 3.43. The lowest BCUT2D eigenvalue weighted by Crippen LogP contribution is -2.08. The van der Waals surface area contributed by atoms with Gasteiger partial charge in [0.25, 0.3) is 0 Å². The molecule has 5 heteroatoms. The van der Waals surface area contributed by atoms with Gasteiger partial charge in [-0.3, -0.25) is 4.98 Å². The van der Waals surface area contributed by atoms with Gasteiger partial charge in [0.05, 0.1) is 12.4 Å². The van der Waals surface area contributed by atoms with E-state index in [1.54, 1.807) is 0 Å². The predicted molar refractivity (Wildman–Crippen MR) is 75.5 cm³/mol. The Morgan fingerprint density at radius 3 is 2.28 bits per heavy atom. The number of rotatable bonds is 4. The Balaban J connectivity index is 1.94. The van der Waals surface area contributed by atoms with E-state index in [1.165, 1.54) is 0 Å². The number of hydrogen-bond donors (Lipinski definition) is 1. The molecule has 1 aromatic heterocycles. The van der Waals surface area contributed by atoms with Crippen LogP contribution in [0.2, 0.25) is 0 Å². The molecule has 0 aliphatic rings. The third-order valence-corrected chi connectivity index (χ3v) is 3.20. The fourth-order valence-corrected chi connectivity index (χ4v) is 1.92. The summed E-state index contributed by atoms with van der Waals surface area (Å²) in [7, 11) is 0. The summed E-state index contributed by atoms with van der Waals surface area (Å²) < 4.78 is 27.7. The van der Waals surface area contributed by atoms with Crippen LogP contribution in [0.5, 0.6) is 0 Å². The molecule has 18 heavy (non-hydrogen) atoms. The van der Waals surface area contributed by atoms with E-state index in [0.29, 0.717) is 13.0 Å². The monoisotopic (exact) mass is 360 g/mol. The smallest absolute Gasteiger partial charge is 0.167 e. The minimum absolute atomic E-state index is 0.115. The van der Waals surface area contributed by atoms with Crippen LogP contribution in [-0.2, 0) is 6.42 Å². The Morgan fingerprint density at radius 1 is 1.06 bits per heavy atom. The van der Waals surface area contributed by atoms with Crippen molar-refractivity contribution in [3.05, 3.63) is 57.4 Å². The molecule has 0 aliphatic heterocycles. The number of nitrogens with one attached hydrogen (secondary N) is 1. The van der Waals surface area contributed by atoms with Gasteiger partial charge in [0.15, 0.2) is 11.6 Å². The molecule has 0 saturated carbocycles. The Morgan fingerprint density at radius 2 is 1.67 bits per heavy atom. The zero-order valence-electron chi connectivity index (χ0n) is 9.46. The highest BCUT2D eigenvalue weighted by Crippen LogP contribution is 2.16. The minimum atomic E-state index is -0.669. The lowest BCUT2D eigenvalue weighted by Gasteiger charge is -2.08. The molecule has 0 amide bonds. The Hall–Kier alpha value is -1.24. The van der Waals surface area contributed by atoms with Crippen molar-refractivity contribution in [2.75, 3.05) is 11.9 Å². The zero-order chi connectivity index (χ0) is 13.0. The van der Waals surface area contributed by atoms with E-state index in [2.05, 4.69) is 32.9 Å². The Bertz CT molecular complexity index is 509. The normalized spacial score (nSPS) is 10.4. The van der Waals surface area contributed by atoms with Gasteiger partial charge < -0.3 is 5.32 Å². The fourth-order valence-electron chi connectivity index (χ4n) is 1.56. The van der Waals surface area contributed by atoms with Crippen LogP contribution < -0.4 is 5.32 Å². The van der Waals surface area contributed by atoms with Gasteiger partial charge in [-0.2, -0.15) is 0 Å². The van der Waals surface area contributed by atoms with Gasteiger partial charge in [0.1, 0.15) is 5.69 Å². The molecule has 2 aromatic rings. The van der Waals surface area contributed by atoms with Gasteiger partial charge in [0.2, 0.25) is 0 Å². The predicted octanol–water partition coefficient (Wildman–Crippen LogP) is 3.62. The number of hydrogen-bond acceptors (Lipinski definition) is 2. The number of anilines is 1. The van der Waals surface area contributed by atoms with Crippen LogP contribution >= 0.6 is 22.6 Å². The van der Waals surface area contributed by atoms with E-state index in [1.807, 2.05) is 24.3 Å². The average Bonchev–Trinajstić information content (AvgIpc) is 2.35. The molecule has 0 spiro atoms. The van der Waals surface area contributed by atoms with Gasteiger partial charge in [-0.15, -0.1) is 0 Å². The number of halogens is 3. The largest absolute Gasteiger partial charge is 0.380 e. The molecule has 0 bridgehead atoms. The lowest BCUT2D eigenvalue weighted by atomic mass is 10.1. The Kier molecular flexibility index (Phi) is 4.46. The molecular formula is C13H11F2IN2. The maximum absolute atomic E-state index is 13.3. The molecule has 94 valence electrons. The second kappa shape index (κ2) is 6.08. The summed E-state index contributed by atoms with van der Waals surface area (Å²) in [6.07, 6.45) is 2.70. The maximum atomic E-state index is 13.3. The molecule has 2 nitrogen and oxygen atoms in total. The molecule has 0 unspecified atom stereocenters. The van der Waals surface area contributed by atoms with E-state index < -0.39 is 11.6 Å². The SMILES string of the molecule is Fc1cncc(F)c1NCCc1ccc(I)cc1. The van der Waals surface area contributed by atoms with Crippen LogP contribution in [0.25, 0.3) is 0 Å². The highest BCUT2D eigenvalue weighted by Gasteiger charge is 2.07. The van der Waals surface area contributed by atoms with E-state index in [0.717, 1.165) is 21.5 Å². The summed E-state index contributed by atoms with van der Waals surface area (Å²) in [5.41, 5.74) is 1.01. The summed E-state index contributed by atoms with van der Waals surface area (Å²) in [5.74, 6) is -1.34. The van der Waals surface area contributed by atoms with E-state index in [4.69, 9.17) is 0 Å². The van der Waals surface area contributed by atoms with Crippen molar-refractivity contribution >= 4 is 28.3 Å². The molecule has 1 heterocycles. The van der Waals surface area contributed by atoms with Crippen LogP contribution in [-0.4, -0.2) is 11.5 Å². The average molecular weight is 360 g/mol. The first kappa shape index (κ1) is 13.2. The molecule has 1 N–H and O–H groups in total. The number of pyridine rings is 1.